The quantitative estimate of drug-likeness (QED) is 0.0328. The van der Waals surface area contributed by atoms with E-state index in [2.05, 4.69) is 20.8 Å². The lowest BCUT2D eigenvalue weighted by Crippen LogP contribution is -2.38. The molecule has 0 radical (unpaired) electrons. The molecule has 0 heterocycles. The fourth-order valence-corrected chi connectivity index (χ4v) is 3.86. The van der Waals surface area contributed by atoms with E-state index in [0.29, 0.717) is 19.3 Å². The van der Waals surface area contributed by atoms with E-state index in [1.807, 2.05) is 0 Å². The predicted octanol–water partition coefficient (Wildman–Crippen LogP) is 9.32. The van der Waals surface area contributed by atoms with Crippen LogP contribution in [0.4, 0.5) is 14.4 Å². The molecule has 0 aliphatic rings. The van der Waals surface area contributed by atoms with Crippen molar-refractivity contribution in [3.63, 3.8) is 0 Å². The average molecular weight is 637 g/mol. The van der Waals surface area contributed by atoms with E-state index in [4.69, 9.17) is 43.5 Å². The van der Waals surface area contributed by atoms with Crippen LogP contribution < -0.4 is 0 Å². The Kier molecular flexibility index (Phi) is 20.3. The van der Waals surface area contributed by atoms with Crippen molar-refractivity contribution in [1.29, 1.82) is 0 Å². The third-order valence-corrected chi connectivity index (χ3v) is 6.77. The molecule has 0 aromatic rings. The van der Waals surface area contributed by atoms with Crippen molar-refractivity contribution < 1.29 is 57.9 Å². The van der Waals surface area contributed by atoms with Crippen LogP contribution in [0.1, 0.15) is 146 Å². The number of hydrogen-bond donors (Lipinski definition) is 0. The Bertz CT molecular complexity index is 706. The van der Waals surface area contributed by atoms with Crippen molar-refractivity contribution in [2.75, 3.05) is 19.8 Å². The minimum atomic E-state index is -1.22. The largest absolute Gasteiger partial charge is 0.540 e. The van der Waals surface area contributed by atoms with Crippen LogP contribution in [0.25, 0.3) is 0 Å². The van der Waals surface area contributed by atoms with Crippen molar-refractivity contribution in [3.8, 4) is 0 Å². The van der Waals surface area contributed by atoms with Gasteiger partial charge in [-0.3, -0.25) is 14.7 Å². The maximum atomic E-state index is 12.3. The van der Waals surface area contributed by atoms with Crippen molar-refractivity contribution in [3.05, 3.63) is 0 Å². The van der Waals surface area contributed by atoms with Crippen LogP contribution in [0.2, 0.25) is 0 Å². The normalized spacial score (nSPS) is 12.4. The summed E-state index contributed by atoms with van der Waals surface area (Å²) in [6, 6.07) is 0. The van der Waals surface area contributed by atoms with Crippen molar-refractivity contribution >= 4 is 18.5 Å². The Morgan fingerprint density at radius 2 is 0.682 bits per heavy atom. The van der Waals surface area contributed by atoms with Crippen molar-refractivity contribution in [2.24, 2.45) is 5.41 Å². The Morgan fingerprint density at radius 1 is 0.432 bits per heavy atom. The number of unbranched alkanes of at least 4 members (excludes halogenated alkanes) is 6. The third-order valence-electron chi connectivity index (χ3n) is 6.77. The molecule has 0 atom stereocenters. The zero-order valence-corrected chi connectivity index (χ0v) is 29.0. The Hall–Kier alpha value is -2.31. The molecule has 0 unspecified atom stereocenters. The standard InChI is InChI=1S/C32H60O12/c1-11-14-17-20-29(4,5)42-39-26(33)36-23-32(10,24-37-27(34)40-43-30(6,7)21-18-15-12-2)25-38-28(35)41-44-31(8,9)22-19-16-13-3/h11-25H2,1-10H3. The van der Waals surface area contributed by atoms with E-state index in [1.54, 1.807) is 48.5 Å². The van der Waals surface area contributed by atoms with Gasteiger partial charge in [-0.2, -0.15) is 14.7 Å². The zero-order chi connectivity index (χ0) is 33.7. The van der Waals surface area contributed by atoms with E-state index >= 15 is 0 Å². The molecule has 0 aromatic carbocycles. The third kappa shape index (κ3) is 22.2. The molecular weight excluding hydrogens is 576 g/mol. The minimum Gasteiger partial charge on any atom is -0.431 e. The lowest BCUT2D eigenvalue weighted by Gasteiger charge is -2.28. The SMILES string of the molecule is CCCCCC(C)(C)OOC(=O)OCC(C)(COC(=O)OOC(C)(C)CCCCC)COC(=O)OOC(C)(C)CCCCC. The predicted molar refractivity (Wildman–Crippen MR) is 163 cm³/mol. The van der Waals surface area contributed by atoms with Crippen LogP contribution in [0.15, 0.2) is 0 Å². The van der Waals surface area contributed by atoms with Gasteiger partial charge >= 0.3 is 18.5 Å². The van der Waals surface area contributed by atoms with Gasteiger partial charge in [-0.1, -0.05) is 78.6 Å². The maximum Gasteiger partial charge on any atom is 0.540 e. The molecule has 0 fully saturated rings. The van der Waals surface area contributed by atoms with Crippen LogP contribution >= 0.6 is 0 Å². The summed E-state index contributed by atoms with van der Waals surface area (Å²) < 4.78 is 15.7. The molecule has 0 aliphatic heterocycles. The molecule has 0 N–H and O–H groups in total. The first-order valence-corrected chi connectivity index (χ1v) is 16.1. The first kappa shape index (κ1) is 41.7. The van der Waals surface area contributed by atoms with Crippen molar-refractivity contribution in [1.82, 2.24) is 0 Å². The topological polar surface area (TPSA) is 134 Å². The maximum absolute atomic E-state index is 12.3. The summed E-state index contributed by atoms with van der Waals surface area (Å²) in [5.41, 5.74) is -3.33. The van der Waals surface area contributed by atoms with E-state index in [-0.39, 0.29) is 19.8 Å². The highest BCUT2D eigenvalue weighted by Gasteiger charge is 2.34. The fourth-order valence-electron chi connectivity index (χ4n) is 3.86. The molecule has 0 amide bonds. The van der Waals surface area contributed by atoms with Gasteiger partial charge in [0.2, 0.25) is 0 Å². The van der Waals surface area contributed by atoms with Gasteiger partial charge in [0, 0.05) is 0 Å². The number of ether oxygens (including phenoxy) is 3. The van der Waals surface area contributed by atoms with E-state index < -0.39 is 40.7 Å². The van der Waals surface area contributed by atoms with E-state index in [1.165, 1.54) is 0 Å². The van der Waals surface area contributed by atoms with Gasteiger partial charge in [0.05, 0.1) is 5.41 Å². The molecular formula is C32H60O12. The summed E-state index contributed by atoms with van der Waals surface area (Å²) in [6.07, 6.45) is 7.76. The van der Waals surface area contributed by atoms with Gasteiger partial charge < -0.3 is 14.2 Å². The van der Waals surface area contributed by atoms with Crippen LogP contribution in [-0.4, -0.2) is 55.1 Å². The Morgan fingerprint density at radius 3 is 0.909 bits per heavy atom. The first-order chi connectivity index (χ1) is 20.5. The van der Waals surface area contributed by atoms with E-state index in [0.717, 1.165) is 57.8 Å². The van der Waals surface area contributed by atoms with Gasteiger partial charge in [-0.25, -0.2) is 14.4 Å². The first-order valence-electron chi connectivity index (χ1n) is 16.1. The molecule has 0 bridgehead atoms. The van der Waals surface area contributed by atoms with Gasteiger partial charge in [-0.15, -0.1) is 0 Å². The van der Waals surface area contributed by atoms with Crippen molar-refractivity contribution in [2.45, 2.75) is 163 Å². The summed E-state index contributed by atoms with van der Waals surface area (Å²) in [5.74, 6) is 0. The summed E-state index contributed by atoms with van der Waals surface area (Å²) >= 11 is 0. The molecule has 0 aromatic heterocycles. The molecule has 12 heteroatoms. The highest BCUT2D eigenvalue weighted by Crippen LogP contribution is 2.24. The fraction of sp³-hybridized carbons (Fsp3) is 0.906. The minimum absolute atomic E-state index is 0.362. The summed E-state index contributed by atoms with van der Waals surface area (Å²) in [4.78, 5) is 67.3. The second kappa shape index (κ2) is 21.4. The van der Waals surface area contributed by atoms with Crippen LogP contribution in [0.5, 0.6) is 0 Å². The highest BCUT2D eigenvalue weighted by molar-refractivity contribution is 5.60. The molecule has 260 valence electrons. The van der Waals surface area contributed by atoms with Crippen LogP contribution in [-0.2, 0) is 43.5 Å². The van der Waals surface area contributed by atoms with Gasteiger partial charge in [0.15, 0.2) is 0 Å². The Labute approximate surface area is 264 Å². The second-order valence-electron chi connectivity index (χ2n) is 13.6. The van der Waals surface area contributed by atoms with Crippen LogP contribution in [0, 0.1) is 5.41 Å². The van der Waals surface area contributed by atoms with Gasteiger partial charge in [-0.05, 0) is 67.7 Å². The Balaban J connectivity index is 5.12. The molecule has 0 spiro atoms. The molecule has 12 nitrogen and oxygen atoms in total. The zero-order valence-electron chi connectivity index (χ0n) is 29.0. The molecule has 44 heavy (non-hydrogen) atoms. The molecule has 0 saturated heterocycles. The number of carbonyl (C=O) groups excluding carboxylic acids is 3. The average Bonchev–Trinajstić information content (AvgIpc) is 2.95. The van der Waals surface area contributed by atoms with Gasteiger partial charge in [0.1, 0.15) is 36.6 Å². The summed E-state index contributed by atoms with van der Waals surface area (Å²) in [7, 11) is 0. The second-order valence-corrected chi connectivity index (χ2v) is 13.6. The lowest BCUT2D eigenvalue weighted by molar-refractivity contribution is -0.323. The molecule has 0 aliphatic carbocycles. The number of carbonyl (C=O) groups is 3. The molecule has 0 saturated carbocycles. The monoisotopic (exact) mass is 636 g/mol. The smallest absolute Gasteiger partial charge is 0.431 e. The highest BCUT2D eigenvalue weighted by atomic mass is 17.2. The number of hydrogen-bond acceptors (Lipinski definition) is 12. The van der Waals surface area contributed by atoms with Gasteiger partial charge in [0.25, 0.3) is 0 Å². The van der Waals surface area contributed by atoms with E-state index in [9.17, 15) is 14.4 Å². The summed E-state index contributed by atoms with van der Waals surface area (Å²) in [6.45, 7) is 17.6. The number of rotatable bonds is 24. The molecule has 0 rings (SSSR count). The van der Waals surface area contributed by atoms with Crippen LogP contribution in [0.3, 0.4) is 0 Å². The lowest BCUT2D eigenvalue weighted by atomic mass is 9.94. The summed E-state index contributed by atoms with van der Waals surface area (Å²) in [5, 5.41) is 0.